The Kier molecular flexibility index (Phi) is 5.43. The first-order chi connectivity index (χ1) is 12.6. The van der Waals surface area contributed by atoms with Crippen molar-refractivity contribution in [1.82, 2.24) is 9.78 Å². The van der Waals surface area contributed by atoms with E-state index in [1.54, 1.807) is 18.3 Å². The molecule has 3 aromatic rings. The van der Waals surface area contributed by atoms with Gasteiger partial charge in [-0.3, -0.25) is 4.79 Å². The number of carbonyl (C=O) groups excluding carboxylic acids is 1. The van der Waals surface area contributed by atoms with Gasteiger partial charge in [0.15, 0.2) is 5.69 Å². The molecule has 0 saturated carbocycles. The first kappa shape index (κ1) is 17.8. The van der Waals surface area contributed by atoms with Crippen LogP contribution in [0.2, 0.25) is 0 Å². The molecule has 6 nitrogen and oxygen atoms in total. The second-order valence-electron chi connectivity index (χ2n) is 5.29. The summed E-state index contributed by atoms with van der Waals surface area (Å²) in [5.41, 5.74) is 0.192. The summed E-state index contributed by atoms with van der Waals surface area (Å²) in [5.74, 6) is -1.07. The Morgan fingerprint density at radius 1 is 1.31 bits per heavy atom. The highest BCUT2D eigenvalue weighted by Gasteiger charge is 2.18. The monoisotopic (exact) mass is 373 g/mol. The molecule has 0 bridgehead atoms. The first-order valence-electron chi connectivity index (χ1n) is 7.92. The zero-order valence-corrected chi connectivity index (χ0v) is 14.8. The van der Waals surface area contributed by atoms with Crippen molar-refractivity contribution in [2.75, 3.05) is 11.9 Å². The second-order valence-corrected chi connectivity index (χ2v) is 6.32. The van der Waals surface area contributed by atoms with Crippen LogP contribution in [0.5, 0.6) is 0 Å². The summed E-state index contributed by atoms with van der Waals surface area (Å²) in [7, 11) is 0. The molecular weight excluding hydrogens is 357 g/mol. The average molecular weight is 373 g/mol. The number of benzene rings is 1. The van der Waals surface area contributed by atoms with Crippen LogP contribution < -0.4 is 10.9 Å². The molecule has 0 unspecified atom stereocenters. The van der Waals surface area contributed by atoms with Crippen LogP contribution in [0.3, 0.4) is 0 Å². The van der Waals surface area contributed by atoms with Crippen LogP contribution in [0.1, 0.15) is 22.3 Å². The molecule has 0 aliphatic rings. The normalized spacial score (nSPS) is 10.5. The van der Waals surface area contributed by atoms with E-state index >= 15 is 0 Å². The van der Waals surface area contributed by atoms with Gasteiger partial charge < -0.3 is 10.1 Å². The molecule has 8 heteroatoms. The molecule has 0 amide bonds. The number of rotatable bonds is 6. The summed E-state index contributed by atoms with van der Waals surface area (Å²) < 4.78 is 19.2. The molecule has 3 rings (SSSR count). The summed E-state index contributed by atoms with van der Waals surface area (Å²) in [5, 5.41) is 9.13. The van der Waals surface area contributed by atoms with Gasteiger partial charge in [-0.15, -0.1) is 11.3 Å². The maximum atomic E-state index is 13.1. The van der Waals surface area contributed by atoms with Crippen molar-refractivity contribution in [3.8, 4) is 5.69 Å². The summed E-state index contributed by atoms with van der Waals surface area (Å²) >= 11 is 1.55. The largest absolute Gasteiger partial charge is 0.461 e. The number of ether oxygens (including phenoxy) is 1. The third-order valence-electron chi connectivity index (χ3n) is 3.50. The smallest absolute Gasteiger partial charge is 0.360 e. The van der Waals surface area contributed by atoms with Crippen LogP contribution in [0.4, 0.5) is 10.1 Å². The van der Waals surface area contributed by atoms with E-state index < -0.39 is 17.3 Å². The van der Waals surface area contributed by atoms with Gasteiger partial charge >= 0.3 is 5.97 Å². The van der Waals surface area contributed by atoms with Crippen molar-refractivity contribution in [2.45, 2.75) is 13.5 Å². The number of aromatic nitrogens is 2. The molecule has 134 valence electrons. The van der Waals surface area contributed by atoms with Gasteiger partial charge in [-0.1, -0.05) is 6.07 Å². The molecule has 2 heterocycles. The lowest BCUT2D eigenvalue weighted by atomic mass is 10.3. The number of nitrogens with one attached hydrogen (secondary N) is 1. The van der Waals surface area contributed by atoms with E-state index in [2.05, 4.69) is 10.4 Å². The zero-order chi connectivity index (χ0) is 18.5. The van der Waals surface area contributed by atoms with Crippen molar-refractivity contribution in [1.29, 1.82) is 0 Å². The third kappa shape index (κ3) is 3.97. The molecule has 2 aromatic heterocycles. The lowest BCUT2D eigenvalue weighted by molar-refractivity contribution is 0.0518. The molecular formula is C18H16FN3O3S. The van der Waals surface area contributed by atoms with Gasteiger partial charge in [0.05, 0.1) is 18.0 Å². The highest BCUT2D eigenvalue weighted by molar-refractivity contribution is 7.09. The molecule has 0 spiro atoms. The van der Waals surface area contributed by atoms with E-state index in [1.807, 2.05) is 17.5 Å². The highest BCUT2D eigenvalue weighted by Crippen LogP contribution is 2.17. The molecule has 0 aliphatic heterocycles. The minimum absolute atomic E-state index is 0.00710. The number of anilines is 1. The van der Waals surface area contributed by atoms with Crippen molar-refractivity contribution in [3.05, 3.63) is 74.6 Å². The lowest BCUT2D eigenvalue weighted by Crippen LogP contribution is -2.25. The molecule has 26 heavy (non-hydrogen) atoms. The highest BCUT2D eigenvalue weighted by atomic mass is 32.1. The maximum absolute atomic E-state index is 13.1. The van der Waals surface area contributed by atoms with Crippen molar-refractivity contribution >= 4 is 23.0 Å². The summed E-state index contributed by atoms with van der Waals surface area (Å²) in [4.78, 5) is 25.8. The Morgan fingerprint density at radius 2 is 2.08 bits per heavy atom. The Hall–Kier alpha value is -3.00. The fourth-order valence-corrected chi connectivity index (χ4v) is 2.95. The number of halogens is 1. The van der Waals surface area contributed by atoms with Crippen LogP contribution in [0.15, 0.2) is 52.6 Å². The van der Waals surface area contributed by atoms with E-state index in [-0.39, 0.29) is 12.3 Å². The Bertz CT molecular complexity index is 953. The number of hydrogen-bond acceptors (Lipinski definition) is 6. The van der Waals surface area contributed by atoms with Gasteiger partial charge in [-0.05, 0) is 42.6 Å². The standard InChI is InChI=1S/C18H16FN3O3S/c1-2-25-18(24)17-15(20-11-14-4-3-9-26-14)10-16(23)22(21-17)13-7-5-12(19)6-8-13/h3-10,20H,2,11H2,1H3. The lowest BCUT2D eigenvalue weighted by Gasteiger charge is -2.12. The SMILES string of the molecule is CCOC(=O)c1nn(-c2ccc(F)cc2)c(=O)cc1NCc1cccs1. The molecule has 1 aromatic carbocycles. The van der Waals surface area contributed by atoms with Gasteiger partial charge in [-0.2, -0.15) is 9.78 Å². The van der Waals surface area contributed by atoms with Gasteiger partial charge in [-0.25, -0.2) is 9.18 Å². The van der Waals surface area contributed by atoms with Crippen LogP contribution in [-0.2, 0) is 11.3 Å². The van der Waals surface area contributed by atoms with Crippen molar-refractivity contribution in [3.63, 3.8) is 0 Å². The van der Waals surface area contributed by atoms with E-state index in [1.165, 1.54) is 30.3 Å². The number of nitrogens with zero attached hydrogens (tertiary/aromatic N) is 2. The van der Waals surface area contributed by atoms with Gasteiger partial charge in [0.2, 0.25) is 0 Å². The van der Waals surface area contributed by atoms with Crippen LogP contribution >= 0.6 is 11.3 Å². The fourth-order valence-electron chi connectivity index (χ4n) is 2.30. The van der Waals surface area contributed by atoms with Gasteiger partial charge in [0.1, 0.15) is 5.82 Å². The minimum Gasteiger partial charge on any atom is -0.461 e. The molecule has 1 N–H and O–H groups in total. The maximum Gasteiger partial charge on any atom is 0.360 e. The zero-order valence-electron chi connectivity index (χ0n) is 13.9. The Balaban J connectivity index is 2.00. The van der Waals surface area contributed by atoms with Crippen LogP contribution in [0.25, 0.3) is 5.69 Å². The van der Waals surface area contributed by atoms with Crippen LogP contribution in [0, 0.1) is 5.82 Å². The predicted octanol–water partition coefficient (Wildman–Crippen LogP) is 3.22. The quantitative estimate of drug-likeness (QED) is 0.672. The van der Waals surface area contributed by atoms with E-state index in [4.69, 9.17) is 4.74 Å². The molecule has 0 saturated heterocycles. The number of hydrogen-bond donors (Lipinski definition) is 1. The topological polar surface area (TPSA) is 73.2 Å². The van der Waals surface area contributed by atoms with E-state index in [9.17, 15) is 14.0 Å². The molecule has 0 fully saturated rings. The van der Waals surface area contributed by atoms with Crippen LogP contribution in [-0.4, -0.2) is 22.4 Å². The number of carbonyl (C=O) groups is 1. The number of thiophene rings is 1. The summed E-state index contributed by atoms with van der Waals surface area (Å²) in [6, 6.07) is 10.4. The summed E-state index contributed by atoms with van der Waals surface area (Å²) in [6.45, 7) is 2.32. The van der Waals surface area contributed by atoms with Gasteiger partial charge in [0, 0.05) is 17.5 Å². The number of esters is 1. The Labute approximate surface area is 152 Å². The third-order valence-corrected chi connectivity index (χ3v) is 4.38. The van der Waals surface area contributed by atoms with Crippen molar-refractivity contribution in [2.24, 2.45) is 0 Å². The van der Waals surface area contributed by atoms with E-state index in [0.29, 0.717) is 17.9 Å². The van der Waals surface area contributed by atoms with Gasteiger partial charge in [0.25, 0.3) is 5.56 Å². The molecule has 0 aliphatic carbocycles. The molecule has 0 atom stereocenters. The Morgan fingerprint density at radius 3 is 2.73 bits per heavy atom. The first-order valence-corrected chi connectivity index (χ1v) is 8.80. The predicted molar refractivity (Wildman–Crippen MR) is 97.4 cm³/mol. The average Bonchev–Trinajstić information content (AvgIpc) is 3.14. The fraction of sp³-hybridized carbons (Fsp3) is 0.167. The molecule has 0 radical (unpaired) electrons. The van der Waals surface area contributed by atoms with Crippen molar-refractivity contribution < 1.29 is 13.9 Å². The second kappa shape index (κ2) is 7.92. The minimum atomic E-state index is -0.642. The summed E-state index contributed by atoms with van der Waals surface area (Å²) in [6.07, 6.45) is 0. The van der Waals surface area contributed by atoms with E-state index in [0.717, 1.165) is 9.56 Å².